The lowest BCUT2D eigenvalue weighted by molar-refractivity contribution is 0.0385. The third kappa shape index (κ3) is 3.64. The van der Waals surface area contributed by atoms with Gasteiger partial charge in [0.1, 0.15) is 6.26 Å². The number of aromatic nitrogens is 1. The molecule has 1 aliphatic rings. The first-order chi connectivity index (χ1) is 10.2. The summed E-state index contributed by atoms with van der Waals surface area (Å²) in [5.41, 5.74) is 1.87. The van der Waals surface area contributed by atoms with Gasteiger partial charge in [-0.25, -0.2) is 4.98 Å². The summed E-state index contributed by atoms with van der Waals surface area (Å²) < 4.78 is 11.0. The van der Waals surface area contributed by atoms with Gasteiger partial charge in [-0.3, -0.25) is 4.90 Å². The Hall–Kier alpha value is -1.36. The van der Waals surface area contributed by atoms with Gasteiger partial charge in [-0.2, -0.15) is 0 Å². The third-order valence-electron chi connectivity index (χ3n) is 3.88. The van der Waals surface area contributed by atoms with Crippen LogP contribution in [0.15, 0.2) is 34.9 Å². The van der Waals surface area contributed by atoms with E-state index in [1.165, 1.54) is 0 Å². The molecule has 0 saturated carbocycles. The molecule has 0 amide bonds. The van der Waals surface area contributed by atoms with Crippen LogP contribution in [0.5, 0.6) is 0 Å². The number of hydrogen-bond acceptors (Lipinski definition) is 4. The Balaban J connectivity index is 1.63. The van der Waals surface area contributed by atoms with E-state index in [1.807, 2.05) is 24.3 Å². The second-order valence-electron chi connectivity index (χ2n) is 5.37. The smallest absolute Gasteiger partial charge is 0.226 e. The number of piperidine rings is 1. The number of methoxy groups -OCH3 is 1. The molecule has 1 aromatic heterocycles. The number of nitrogens with zero attached hydrogens (tertiary/aromatic N) is 2. The first-order valence-corrected chi connectivity index (χ1v) is 7.58. The van der Waals surface area contributed by atoms with E-state index in [9.17, 15) is 0 Å². The van der Waals surface area contributed by atoms with Gasteiger partial charge < -0.3 is 9.15 Å². The second kappa shape index (κ2) is 6.60. The van der Waals surface area contributed by atoms with Crippen LogP contribution in [0, 0.1) is 0 Å². The molecule has 1 aromatic carbocycles. The highest BCUT2D eigenvalue weighted by Gasteiger charge is 2.19. The number of halogens is 1. The van der Waals surface area contributed by atoms with Crippen LogP contribution in [0.25, 0.3) is 11.5 Å². The van der Waals surface area contributed by atoms with E-state index < -0.39 is 0 Å². The van der Waals surface area contributed by atoms with Gasteiger partial charge in [0.25, 0.3) is 0 Å². The molecule has 1 aliphatic heterocycles. The summed E-state index contributed by atoms with van der Waals surface area (Å²) in [7, 11) is 1.79. The lowest BCUT2D eigenvalue weighted by Crippen LogP contribution is -2.36. The first-order valence-electron chi connectivity index (χ1n) is 7.20. The minimum Gasteiger partial charge on any atom is -0.444 e. The van der Waals surface area contributed by atoms with E-state index >= 15 is 0 Å². The molecule has 0 atom stereocenters. The molecule has 2 aromatic rings. The highest BCUT2D eigenvalue weighted by atomic mass is 35.5. The monoisotopic (exact) mass is 306 g/mol. The van der Waals surface area contributed by atoms with Crippen LogP contribution in [-0.4, -0.2) is 36.2 Å². The zero-order chi connectivity index (χ0) is 14.7. The SMILES string of the molecule is COC1CCN(Cc2coc(-c3cccc(Cl)c3)n2)CC1. The number of oxazole rings is 1. The molecule has 21 heavy (non-hydrogen) atoms. The molecule has 0 unspecified atom stereocenters. The Morgan fingerprint density at radius 3 is 2.90 bits per heavy atom. The second-order valence-corrected chi connectivity index (χ2v) is 5.80. The molecule has 0 spiro atoms. The Bertz CT molecular complexity index is 591. The van der Waals surface area contributed by atoms with Crippen LogP contribution in [0.1, 0.15) is 18.5 Å². The summed E-state index contributed by atoms with van der Waals surface area (Å²) in [6.45, 7) is 2.90. The van der Waals surface area contributed by atoms with E-state index in [2.05, 4.69) is 9.88 Å². The van der Waals surface area contributed by atoms with Crippen molar-refractivity contribution in [1.29, 1.82) is 0 Å². The molecule has 112 valence electrons. The van der Waals surface area contributed by atoms with Crippen LogP contribution >= 0.6 is 11.6 Å². The number of rotatable bonds is 4. The Kier molecular flexibility index (Phi) is 4.58. The molecule has 0 bridgehead atoms. The highest BCUT2D eigenvalue weighted by Crippen LogP contribution is 2.23. The standard InChI is InChI=1S/C16H19ClN2O2/c1-20-15-5-7-19(8-6-15)10-14-11-21-16(18-14)12-3-2-4-13(17)9-12/h2-4,9,11,15H,5-8,10H2,1H3. The van der Waals surface area contributed by atoms with Crippen molar-refractivity contribution in [3.63, 3.8) is 0 Å². The molecular weight excluding hydrogens is 288 g/mol. The van der Waals surface area contributed by atoms with Crippen molar-refractivity contribution < 1.29 is 9.15 Å². The van der Waals surface area contributed by atoms with E-state index in [-0.39, 0.29) is 0 Å². The minimum atomic E-state index is 0.403. The van der Waals surface area contributed by atoms with E-state index in [0.717, 1.165) is 43.7 Å². The summed E-state index contributed by atoms with van der Waals surface area (Å²) in [6.07, 6.45) is 4.30. The van der Waals surface area contributed by atoms with Crippen molar-refractivity contribution in [2.45, 2.75) is 25.5 Å². The minimum absolute atomic E-state index is 0.403. The number of ether oxygens (including phenoxy) is 1. The number of likely N-dealkylation sites (tertiary alicyclic amines) is 1. The van der Waals surface area contributed by atoms with Gasteiger partial charge in [0.15, 0.2) is 0 Å². The summed E-state index contributed by atoms with van der Waals surface area (Å²) >= 11 is 6.00. The summed E-state index contributed by atoms with van der Waals surface area (Å²) in [5.74, 6) is 0.624. The maximum Gasteiger partial charge on any atom is 0.226 e. The first kappa shape index (κ1) is 14.6. The highest BCUT2D eigenvalue weighted by molar-refractivity contribution is 6.30. The molecule has 4 nitrogen and oxygen atoms in total. The Morgan fingerprint density at radius 1 is 1.38 bits per heavy atom. The van der Waals surface area contributed by atoms with E-state index in [0.29, 0.717) is 17.0 Å². The zero-order valence-electron chi connectivity index (χ0n) is 12.1. The quantitative estimate of drug-likeness (QED) is 0.865. The van der Waals surface area contributed by atoms with Crippen molar-refractivity contribution in [2.24, 2.45) is 0 Å². The van der Waals surface area contributed by atoms with Gasteiger partial charge in [0, 0.05) is 37.3 Å². The third-order valence-corrected chi connectivity index (χ3v) is 4.11. The van der Waals surface area contributed by atoms with Gasteiger partial charge in [-0.05, 0) is 31.0 Å². The number of hydrogen-bond donors (Lipinski definition) is 0. The van der Waals surface area contributed by atoms with Gasteiger partial charge in [0.2, 0.25) is 5.89 Å². The predicted molar refractivity (Wildman–Crippen MR) is 82.3 cm³/mol. The van der Waals surface area contributed by atoms with Crippen molar-refractivity contribution in [1.82, 2.24) is 9.88 Å². The maximum atomic E-state index is 6.00. The van der Waals surface area contributed by atoms with Crippen LogP contribution in [0.4, 0.5) is 0 Å². The van der Waals surface area contributed by atoms with Crippen molar-refractivity contribution in [2.75, 3.05) is 20.2 Å². The lowest BCUT2D eigenvalue weighted by atomic mass is 10.1. The molecule has 1 saturated heterocycles. The van der Waals surface area contributed by atoms with Crippen LogP contribution in [0.3, 0.4) is 0 Å². The molecule has 3 rings (SSSR count). The lowest BCUT2D eigenvalue weighted by Gasteiger charge is -2.30. The molecule has 1 fully saturated rings. The van der Waals surface area contributed by atoms with E-state index in [1.54, 1.807) is 13.4 Å². The van der Waals surface area contributed by atoms with Crippen LogP contribution < -0.4 is 0 Å². The van der Waals surface area contributed by atoms with Gasteiger partial charge in [0.05, 0.1) is 11.8 Å². The van der Waals surface area contributed by atoms with Crippen LogP contribution in [-0.2, 0) is 11.3 Å². The Morgan fingerprint density at radius 2 is 2.19 bits per heavy atom. The summed E-state index contributed by atoms with van der Waals surface area (Å²) in [4.78, 5) is 6.94. The predicted octanol–water partition coefficient (Wildman–Crippen LogP) is 3.61. The average Bonchev–Trinajstić information content (AvgIpc) is 2.97. The van der Waals surface area contributed by atoms with E-state index in [4.69, 9.17) is 20.8 Å². The van der Waals surface area contributed by atoms with Crippen molar-refractivity contribution >= 4 is 11.6 Å². The molecular formula is C16H19ClN2O2. The zero-order valence-corrected chi connectivity index (χ0v) is 12.8. The topological polar surface area (TPSA) is 38.5 Å². The maximum absolute atomic E-state index is 6.00. The van der Waals surface area contributed by atoms with Gasteiger partial charge in [-0.1, -0.05) is 17.7 Å². The summed E-state index contributed by atoms with van der Waals surface area (Å²) in [6, 6.07) is 7.55. The number of benzene rings is 1. The molecule has 0 aliphatic carbocycles. The molecule has 0 radical (unpaired) electrons. The normalized spacial score (nSPS) is 17.2. The fraction of sp³-hybridized carbons (Fsp3) is 0.438. The molecule has 5 heteroatoms. The van der Waals surface area contributed by atoms with Crippen molar-refractivity contribution in [3.8, 4) is 11.5 Å². The van der Waals surface area contributed by atoms with Gasteiger partial charge >= 0.3 is 0 Å². The summed E-state index contributed by atoms with van der Waals surface area (Å²) in [5, 5.41) is 0.689. The van der Waals surface area contributed by atoms with Crippen molar-refractivity contribution in [3.05, 3.63) is 41.2 Å². The average molecular weight is 307 g/mol. The Labute approximate surface area is 129 Å². The molecule has 0 N–H and O–H groups in total. The largest absolute Gasteiger partial charge is 0.444 e. The van der Waals surface area contributed by atoms with Crippen LogP contribution in [0.2, 0.25) is 5.02 Å². The fourth-order valence-corrected chi connectivity index (χ4v) is 2.86. The van der Waals surface area contributed by atoms with Gasteiger partial charge in [-0.15, -0.1) is 0 Å². The fourth-order valence-electron chi connectivity index (χ4n) is 2.67. The molecule has 2 heterocycles.